The van der Waals surface area contributed by atoms with Crippen LogP contribution in [0.2, 0.25) is 5.02 Å². The molecule has 1 unspecified atom stereocenters. The van der Waals surface area contributed by atoms with Crippen molar-refractivity contribution in [2.75, 3.05) is 12.8 Å². The maximum atomic E-state index is 13.0. The molecule has 0 bridgehead atoms. The van der Waals surface area contributed by atoms with Crippen LogP contribution in [0.4, 0.5) is 0 Å². The molecule has 0 saturated heterocycles. The molecule has 1 aliphatic rings. The van der Waals surface area contributed by atoms with Gasteiger partial charge in [-0.3, -0.25) is 0 Å². The van der Waals surface area contributed by atoms with Crippen LogP contribution in [0.3, 0.4) is 0 Å². The zero-order chi connectivity index (χ0) is 23.4. The summed E-state index contributed by atoms with van der Waals surface area (Å²) in [5, 5.41) is 7.37. The fourth-order valence-corrected chi connectivity index (χ4v) is 5.45. The highest BCUT2D eigenvalue weighted by molar-refractivity contribution is 8.13. The molecule has 0 amide bonds. The second-order valence-corrected chi connectivity index (χ2v) is 10.1. The van der Waals surface area contributed by atoms with E-state index >= 15 is 0 Å². The highest BCUT2D eigenvalue weighted by atomic mass is 35.5. The van der Waals surface area contributed by atoms with E-state index in [-0.39, 0.29) is 10.8 Å². The molecular weight excluding hydrogens is 474 g/mol. The third kappa shape index (κ3) is 5.14. The number of hydrogen-bond acceptors (Lipinski definition) is 4. The van der Waals surface area contributed by atoms with Crippen molar-refractivity contribution < 1.29 is 8.42 Å². The Balaban J connectivity index is 1.72. The maximum absolute atomic E-state index is 13.0. The molecule has 0 radical (unpaired) electrons. The Bertz CT molecular complexity index is 1350. The van der Waals surface area contributed by atoms with Gasteiger partial charge in [-0.25, -0.2) is 5.01 Å². The van der Waals surface area contributed by atoms with E-state index in [2.05, 4.69) is 10.3 Å². The molecule has 33 heavy (non-hydrogen) atoms. The van der Waals surface area contributed by atoms with Crippen LogP contribution in [0.1, 0.15) is 22.6 Å². The number of halogens is 1. The molecule has 0 N–H and O–H groups in total. The molecule has 4 rings (SSSR count). The first-order valence-electron chi connectivity index (χ1n) is 10.0. The largest absolute Gasteiger partial charge is 0.284 e. The number of hydrazone groups is 1. The van der Waals surface area contributed by atoms with E-state index < -0.39 is 10.0 Å². The molecule has 3 aromatic carbocycles. The Morgan fingerprint density at radius 2 is 1.76 bits per heavy atom. The molecule has 1 heterocycles. The average molecular weight is 494 g/mol. The number of nitrogens with zero attached hydrogens (tertiary/aromatic N) is 3. The summed E-state index contributed by atoms with van der Waals surface area (Å²) in [5.74, 6) is 2.42. The molecule has 0 spiro atoms. The summed E-state index contributed by atoms with van der Waals surface area (Å²) < 4.78 is 30.0. The smallest absolute Gasteiger partial charge is 0.240 e. The van der Waals surface area contributed by atoms with Crippen molar-refractivity contribution in [1.82, 2.24) is 5.01 Å². The lowest BCUT2D eigenvalue weighted by molar-refractivity contribution is 0.484. The maximum Gasteiger partial charge on any atom is 0.284 e. The number of sulfonamides is 1. The molecule has 1 atom stereocenters. The van der Waals surface area contributed by atoms with Gasteiger partial charge in [-0.05, 0) is 53.8 Å². The van der Waals surface area contributed by atoms with Crippen LogP contribution in [0.5, 0.6) is 0 Å². The van der Waals surface area contributed by atoms with Crippen LogP contribution >= 0.6 is 23.4 Å². The molecule has 5 nitrogen and oxygen atoms in total. The molecule has 8 heteroatoms. The lowest BCUT2D eigenvalue weighted by Gasteiger charge is -2.17. The van der Waals surface area contributed by atoms with Gasteiger partial charge in [0.1, 0.15) is 0 Å². The first-order chi connectivity index (χ1) is 15.9. The number of hydrogen-bond donors (Lipinski definition) is 0. The molecule has 1 aliphatic heterocycles. The summed E-state index contributed by atoms with van der Waals surface area (Å²) in [6, 6.07) is 23.6. The van der Waals surface area contributed by atoms with E-state index in [4.69, 9.17) is 23.1 Å². The number of amidine groups is 1. The van der Waals surface area contributed by atoms with Gasteiger partial charge in [-0.1, -0.05) is 71.7 Å². The van der Waals surface area contributed by atoms with Crippen molar-refractivity contribution >= 4 is 44.3 Å². The Morgan fingerprint density at radius 3 is 2.36 bits per heavy atom. The summed E-state index contributed by atoms with van der Waals surface area (Å²) in [7, 11) is -3.93. The molecular formula is C25H20ClN3O2S2. The summed E-state index contributed by atoms with van der Waals surface area (Å²) in [6.07, 6.45) is 7.15. The standard InChI is InChI=1S/C25H20ClN3O2S2/c1-3-18-9-15-22(16-10-18)33(30,31)28-25(32-2)29-17-23(19-7-5-4-6-8-19)24(27-29)20-11-13-21(26)14-12-20/h1,4-16,23H,17H2,2H3. The SMILES string of the molecule is C#Cc1ccc(S(=O)(=O)N=C(SC)N2CC(c3ccccc3)C(c3ccc(Cl)cc3)=N2)cc1. The summed E-state index contributed by atoms with van der Waals surface area (Å²) >= 11 is 7.30. The second-order valence-electron chi connectivity index (χ2n) is 7.26. The Labute approximate surface area is 203 Å². The van der Waals surface area contributed by atoms with Crippen LogP contribution in [0.15, 0.2) is 93.3 Å². The predicted molar refractivity (Wildman–Crippen MR) is 136 cm³/mol. The van der Waals surface area contributed by atoms with Gasteiger partial charge in [0.05, 0.1) is 17.2 Å². The summed E-state index contributed by atoms with van der Waals surface area (Å²) in [5.41, 5.74) is 3.44. The minimum atomic E-state index is -3.93. The van der Waals surface area contributed by atoms with Gasteiger partial charge in [0.2, 0.25) is 0 Å². The normalized spacial score (nSPS) is 16.4. The van der Waals surface area contributed by atoms with Gasteiger partial charge >= 0.3 is 0 Å². The molecule has 0 aromatic heterocycles. The quantitative estimate of drug-likeness (QED) is 0.283. The molecule has 0 saturated carbocycles. The summed E-state index contributed by atoms with van der Waals surface area (Å²) in [6.45, 7) is 0.465. The van der Waals surface area contributed by atoms with Gasteiger partial charge in [0, 0.05) is 16.5 Å². The average Bonchev–Trinajstić information content (AvgIpc) is 3.29. The van der Waals surface area contributed by atoms with E-state index in [0.29, 0.717) is 22.3 Å². The van der Waals surface area contributed by atoms with Gasteiger partial charge in [-0.2, -0.15) is 13.5 Å². The third-order valence-electron chi connectivity index (χ3n) is 5.18. The Hall–Kier alpha value is -3.05. The number of thioether (sulfide) groups is 1. The highest BCUT2D eigenvalue weighted by Gasteiger charge is 2.32. The van der Waals surface area contributed by atoms with E-state index in [1.54, 1.807) is 23.4 Å². The minimum absolute atomic E-state index is 0.0534. The van der Waals surface area contributed by atoms with Gasteiger partial charge < -0.3 is 0 Å². The lowest BCUT2D eigenvalue weighted by atomic mass is 9.91. The van der Waals surface area contributed by atoms with Crippen LogP contribution in [0.25, 0.3) is 0 Å². The van der Waals surface area contributed by atoms with Crippen molar-refractivity contribution in [1.29, 1.82) is 0 Å². The summed E-state index contributed by atoms with van der Waals surface area (Å²) in [4.78, 5) is 0.0776. The molecule has 0 fully saturated rings. The number of terminal acetylenes is 1. The lowest BCUT2D eigenvalue weighted by Crippen LogP contribution is -2.24. The first kappa shape index (κ1) is 23.1. The second kappa shape index (κ2) is 9.84. The third-order valence-corrected chi connectivity index (χ3v) is 7.49. The minimum Gasteiger partial charge on any atom is -0.240 e. The molecule has 166 valence electrons. The molecule has 0 aliphatic carbocycles. The highest BCUT2D eigenvalue weighted by Crippen LogP contribution is 2.31. The zero-order valence-corrected chi connectivity index (χ0v) is 20.1. The Morgan fingerprint density at radius 1 is 1.09 bits per heavy atom. The van der Waals surface area contributed by atoms with E-state index in [1.807, 2.05) is 54.6 Å². The van der Waals surface area contributed by atoms with Crippen LogP contribution < -0.4 is 0 Å². The van der Waals surface area contributed by atoms with Gasteiger partial charge in [0.15, 0.2) is 5.17 Å². The van der Waals surface area contributed by atoms with E-state index in [9.17, 15) is 8.42 Å². The first-order valence-corrected chi connectivity index (χ1v) is 13.1. The van der Waals surface area contributed by atoms with Crippen LogP contribution in [-0.2, 0) is 10.0 Å². The van der Waals surface area contributed by atoms with Gasteiger partial charge in [-0.15, -0.1) is 10.8 Å². The fourth-order valence-electron chi connectivity index (χ4n) is 3.52. The van der Waals surface area contributed by atoms with Crippen LogP contribution in [0, 0.1) is 12.3 Å². The fraction of sp³-hybridized carbons (Fsp3) is 0.120. The van der Waals surface area contributed by atoms with Crippen molar-refractivity contribution in [2.24, 2.45) is 9.50 Å². The predicted octanol–water partition coefficient (Wildman–Crippen LogP) is 5.23. The number of benzene rings is 3. The number of rotatable bonds is 4. The van der Waals surface area contributed by atoms with Crippen molar-refractivity contribution in [3.8, 4) is 12.3 Å². The topological polar surface area (TPSA) is 62.1 Å². The van der Waals surface area contributed by atoms with Crippen molar-refractivity contribution in [3.63, 3.8) is 0 Å². The van der Waals surface area contributed by atoms with Crippen LogP contribution in [-0.4, -0.2) is 37.1 Å². The van der Waals surface area contributed by atoms with E-state index in [0.717, 1.165) is 16.8 Å². The monoisotopic (exact) mass is 493 g/mol. The molecule has 3 aromatic rings. The van der Waals surface area contributed by atoms with Crippen molar-refractivity contribution in [2.45, 2.75) is 10.8 Å². The zero-order valence-electron chi connectivity index (χ0n) is 17.7. The van der Waals surface area contributed by atoms with Gasteiger partial charge in [0.25, 0.3) is 10.0 Å². The van der Waals surface area contributed by atoms with Crippen molar-refractivity contribution in [3.05, 3.63) is 101 Å². The van der Waals surface area contributed by atoms with E-state index in [1.165, 1.54) is 23.9 Å². The Kier molecular flexibility index (Phi) is 6.89.